The number of aliphatic imine (C=N–C) groups is 2. The van der Waals surface area contributed by atoms with E-state index in [4.69, 9.17) is 0 Å². The highest BCUT2D eigenvalue weighted by atomic mass is 16.1. The second-order valence-corrected chi connectivity index (χ2v) is 5.62. The number of hydrogen-bond donors (Lipinski definition) is 0. The average molecular weight is 252 g/mol. The zero-order valence-corrected chi connectivity index (χ0v) is 11.3. The molecule has 3 heteroatoms. The lowest BCUT2D eigenvalue weighted by Gasteiger charge is -2.35. The Balaban J connectivity index is 2.11. The number of rotatable bonds is 1. The Hall–Kier alpha value is -2.03. The largest absolute Gasteiger partial charge is 0.283 e. The van der Waals surface area contributed by atoms with Gasteiger partial charge in [-0.2, -0.15) is 0 Å². The van der Waals surface area contributed by atoms with Crippen LogP contribution in [-0.4, -0.2) is 23.9 Å². The van der Waals surface area contributed by atoms with E-state index in [1.165, 1.54) is 5.57 Å². The van der Waals surface area contributed by atoms with Gasteiger partial charge in [-0.1, -0.05) is 37.6 Å². The minimum Gasteiger partial charge on any atom is -0.283 e. The fourth-order valence-electron chi connectivity index (χ4n) is 2.60. The van der Waals surface area contributed by atoms with Crippen molar-refractivity contribution in [2.24, 2.45) is 15.4 Å². The summed E-state index contributed by atoms with van der Waals surface area (Å²) in [5.41, 5.74) is 3.56. The number of allylic oxidation sites excluding steroid dienone is 1. The van der Waals surface area contributed by atoms with Crippen LogP contribution in [0, 0.1) is 5.41 Å². The van der Waals surface area contributed by atoms with Crippen LogP contribution < -0.4 is 0 Å². The number of nitrogens with zero attached hydrogens (tertiary/aromatic N) is 2. The Bertz CT molecular complexity index is 650. The molecule has 1 amide bonds. The normalized spacial score (nSPS) is 23.9. The minimum atomic E-state index is -0.149. The summed E-state index contributed by atoms with van der Waals surface area (Å²) in [5, 5.41) is 0. The van der Waals surface area contributed by atoms with Crippen LogP contribution in [0.4, 0.5) is 0 Å². The molecule has 1 atom stereocenters. The van der Waals surface area contributed by atoms with Gasteiger partial charge < -0.3 is 0 Å². The quantitative estimate of drug-likeness (QED) is 0.757. The standard InChI is InChI=1S/C16H16N2O/c1-10-8-9-17-14(16(10,2)3)13-11-6-4-5-7-12(11)15(19)18-13/h4-9,14H,1-3H3. The van der Waals surface area contributed by atoms with E-state index in [0.717, 1.165) is 11.3 Å². The van der Waals surface area contributed by atoms with Gasteiger partial charge in [0.2, 0.25) is 0 Å². The van der Waals surface area contributed by atoms with Gasteiger partial charge in [-0.05, 0) is 19.1 Å². The number of fused-ring (bicyclic) bond motifs is 1. The maximum Gasteiger partial charge on any atom is 0.277 e. The average Bonchev–Trinajstić information content (AvgIpc) is 2.71. The van der Waals surface area contributed by atoms with Crippen LogP contribution in [0.3, 0.4) is 0 Å². The second-order valence-electron chi connectivity index (χ2n) is 5.62. The summed E-state index contributed by atoms with van der Waals surface area (Å²) in [7, 11) is 0. The van der Waals surface area contributed by atoms with Crippen LogP contribution in [0.25, 0.3) is 0 Å². The molecule has 1 aromatic rings. The van der Waals surface area contributed by atoms with Gasteiger partial charge in [0, 0.05) is 17.2 Å². The minimum absolute atomic E-state index is 0.0925. The highest BCUT2D eigenvalue weighted by Crippen LogP contribution is 2.38. The first-order valence-electron chi connectivity index (χ1n) is 6.44. The molecule has 0 aliphatic carbocycles. The molecule has 3 nitrogen and oxygen atoms in total. The molecule has 0 N–H and O–H groups in total. The third-order valence-corrected chi connectivity index (χ3v) is 4.17. The van der Waals surface area contributed by atoms with Crippen molar-refractivity contribution in [2.75, 3.05) is 0 Å². The Morgan fingerprint density at radius 1 is 1.16 bits per heavy atom. The van der Waals surface area contributed by atoms with Crippen LogP contribution >= 0.6 is 0 Å². The summed E-state index contributed by atoms with van der Waals surface area (Å²) >= 11 is 0. The van der Waals surface area contributed by atoms with E-state index in [2.05, 4.69) is 30.8 Å². The van der Waals surface area contributed by atoms with Gasteiger partial charge >= 0.3 is 0 Å². The van der Waals surface area contributed by atoms with Crippen LogP contribution in [-0.2, 0) is 0 Å². The van der Waals surface area contributed by atoms with Gasteiger partial charge in [0.05, 0.1) is 11.3 Å². The lowest BCUT2D eigenvalue weighted by molar-refractivity contribution is 0.101. The van der Waals surface area contributed by atoms with E-state index in [1.54, 1.807) is 0 Å². The van der Waals surface area contributed by atoms with E-state index in [0.29, 0.717) is 5.56 Å². The van der Waals surface area contributed by atoms with Gasteiger partial charge in [0.25, 0.3) is 5.91 Å². The summed E-state index contributed by atoms with van der Waals surface area (Å²) in [6.45, 7) is 6.39. The van der Waals surface area contributed by atoms with Gasteiger partial charge in [-0.25, -0.2) is 4.99 Å². The lowest BCUT2D eigenvalue weighted by Crippen LogP contribution is -2.38. The van der Waals surface area contributed by atoms with Gasteiger partial charge in [0.15, 0.2) is 0 Å². The number of amides is 1. The summed E-state index contributed by atoms with van der Waals surface area (Å²) in [6, 6.07) is 7.50. The number of carbonyl (C=O) groups excluding carboxylic acids is 1. The first-order valence-corrected chi connectivity index (χ1v) is 6.44. The maximum absolute atomic E-state index is 12.0. The van der Waals surface area contributed by atoms with Crippen molar-refractivity contribution in [3.8, 4) is 0 Å². The molecule has 3 rings (SSSR count). The first-order chi connectivity index (χ1) is 9.01. The van der Waals surface area contributed by atoms with Crippen molar-refractivity contribution in [1.82, 2.24) is 0 Å². The predicted molar refractivity (Wildman–Crippen MR) is 77.1 cm³/mol. The molecule has 19 heavy (non-hydrogen) atoms. The van der Waals surface area contributed by atoms with E-state index >= 15 is 0 Å². The molecular weight excluding hydrogens is 236 g/mol. The SMILES string of the molecule is CC1=CC=NC(C2=NC(=O)c3ccccc32)C1(C)C. The lowest BCUT2D eigenvalue weighted by atomic mass is 9.73. The monoisotopic (exact) mass is 252 g/mol. The molecule has 2 aliphatic rings. The highest BCUT2D eigenvalue weighted by Gasteiger charge is 2.39. The van der Waals surface area contributed by atoms with Gasteiger partial charge in [-0.3, -0.25) is 9.79 Å². The molecule has 1 unspecified atom stereocenters. The third kappa shape index (κ3) is 1.69. The van der Waals surface area contributed by atoms with Crippen LogP contribution in [0.15, 0.2) is 45.9 Å². The molecule has 2 aliphatic heterocycles. The summed E-state index contributed by atoms with van der Waals surface area (Å²) in [4.78, 5) is 20.8. The fourth-order valence-corrected chi connectivity index (χ4v) is 2.60. The molecule has 0 radical (unpaired) electrons. The van der Waals surface area contributed by atoms with E-state index in [1.807, 2.05) is 36.6 Å². The Kier molecular flexibility index (Phi) is 2.52. The molecule has 0 saturated carbocycles. The van der Waals surface area contributed by atoms with E-state index in [-0.39, 0.29) is 17.4 Å². The van der Waals surface area contributed by atoms with Gasteiger partial charge in [0.1, 0.15) is 6.04 Å². The molecule has 0 aromatic heterocycles. The number of benzene rings is 1. The van der Waals surface area contributed by atoms with E-state index in [9.17, 15) is 4.79 Å². The summed E-state index contributed by atoms with van der Waals surface area (Å²) in [5.74, 6) is -0.149. The third-order valence-electron chi connectivity index (χ3n) is 4.17. The first kappa shape index (κ1) is 12.0. The molecule has 2 heterocycles. The number of dihydropyridines is 1. The Morgan fingerprint density at radius 2 is 1.84 bits per heavy atom. The van der Waals surface area contributed by atoms with E-state index < -0.39 is 0 Å². The number of hydrogen-bond acceptors (Lipinski definition) is 2. The van der Waals surface area contributed by atoms with Crippen molar-refractivity contribution >= 4 is 17.8 Å². The number of carbonyl (C=O) groups is 1. The Morgan fingerprint density at radius 3 is 2.58 bits per heavy atom. The van der Waals surface area contributed by atoms with Crippen molar-refractivity contribution < 1.29 is 4.79 Å². The van der Waals surface area contributed by atoms with Crippen molar-refractivity contribution in [1.29, 1.82) is 0 Å². The second kappa shape index (κ2) is 3.98. The zero-order valence-electron chi connectivity index (χ0n) is 11.3. The van der Waals surface area contributed by atoms with Crippen molar-refractivity contribution in [3.63, 3.8) is 0 Å². The molecule has 1 aromatic carbocycles. The molecule has 0 bridgehead atoms. The smallest absolute Gasteiger partial charge is 0.277 e. The topological polar surface area (TPSA) is 41.8 Å². The Labute approximate surface area is 112 Å². The van der Waals surface area contributed by atoms with Crippen molar-refractivity contribution in [3.05, 3.63) is 47.0 Å². The zero-order chi connectivity index (χ0) is 13.6. The maximum atomic E-state index is 12.0. The molecule has 0 saturated heterocycles. The van der Waals surface area contributed by atoms with Crippen LogP contribution in [0.1, 0.15) is 36.7 Å². The molecule has 0 fully saturated rings. The van der Waals surface area contributed by atoms with Crippen LogP contribution in [0.2, 0.25) is 0 Å². The summed E-state index contributed by atoms with van der Waals surface area (Å²) in [6.07, 6.45) is 3.85. The van der Waals surface area contributed by atoms with Crippen LogP contribution in [0.5, 0.6) is 0 Å². The highest BCUT2D eigenvalue weighted by molar-refractivity contribution is 6.23. The molecule has 0 spiro atoms. The van der Waals surface area contributed by atoms with Crippen molar-refractivity contribution in [2.45, 2.75) is 26.8 Å². The van der Waals surface area contributed by atoms with Gasteiger partial charge in [-0.15, -0.1) is 0 Å². The summed E-state index contributed by atoms with van der Waals surface area (Å²) < 4.78 is 0. The molecule has 96 valence electrons. The predicted octanol–water partition coefficient (Wildman–Crippen LogP) is 3.06. The fraction of sp³-hybridized carbons (Fsp3) is 0.312. The molecular formula is C16H16N2O.